The normalized spacial score (nSPS) is 13.7. The van der Waals surface area contributed by atoms with Crippen LogP contribution >= 0.6 is 11.6 Å². The van der Waals surface area contributed by atoms with Crippen LogP contribution in [0.2, 0.25) is 5.02 Å². The van der Waals surface area contributed by atoms with Crippen molar-refractivity contribution in [3.63, 3.8) is 0 Å². The summed E-state index contributed by atoms with van der Waals surface area (Å²) < 4.78 is 10.4. The third-order valence-electron chi connectivity index (χ3n) is 3.33. The number of benzene rings is 1. The van der Waals surface area contributed by atoms with Crippen LogP contribution in [0.25, 0.3) is 0 Å². The summed E-state index contributed by atoms with van der Waals surface area (Å²) in [7, 11) is 1.59. The van der Waals surface area contributed by atoms with Crippen LogP contribution in [0.4, 0.5) is 0 Å². The monoisotopic (exact) mass is 308 g/mol. The van der Waals surface area contributed by atoms with Gasteiger partial charge in [-0.3, -0.25) is 4.79 Å². The molecule has 1 aromatic heterocycles. The maximum Gasteiger partial charge on any atom is 0.273 e. The molecule has 5 nitrogen and oxygen atoms in total. The lowest BCUT2D eigenvalue weighted by Crippen LogP contribution is -2.40. The van der Waals surface area contributed by atoms with Gasteiger partial charge in [0.05, 0.1) is 6.54 Å². The van der Waals surface area contributed by atoms with E-state index in [4.69, 9.17) is 20.9 Å². The third-order valence-corrected chi connectivity index (χ3v) is 3.57. The molecular weight excluding hydrogens is 292 g/mol. The number of hydrogen-bond acceptors (Lipinski definition) is 4. The van der Waals surface area contributed by atoms with Crippen LogP contribution in [0.1, 0.15) is 28.7 Å². The molecule has 0 aliphatic carbocycles. The molecule has 0 radical (unpaired) electrons. The quantitative estimate of drug-likeness (QED) is 0.922. The number of halogens is 1. The number of carbonyl (C=O) groups is 1. The molecule has 0 fully saturated rings. The van der Waals surface area contributed by atoms with E-state index >= 15 is 0 Å². The lowest BCUT2D eigenvalue weighted by molar-refractivity contribution is 0.00308. The summed E-state index contributed by atoms with van der Waals surface area (Å²) in [5, 5.41) is 7.09. The van der Waals surface area contributed by atoms with Crippen LogP contribution in [0.3, 0.4) is 0 Å². The van der Waals surface area contributed by atoms with E-state index in [0.717, 1.165) is 5.56 Å². The van der Waals surface area contributed by atoms with Gasteiger partial charge < -0.3 is 14.6 Å². The fourth-order valence-electron chi connectivity index (χ4n) is 1.92. The average Bonchev–Trinajstić information content (AvgIpc) is 2.91. The molecule has 0 unspecified atom stereocenters. The number of nitrogens with one attached hydrogen (secondary N) is 1. The summed E-state index contributed by atoms with van der Waals surface area (Å²) in [6.07, 6.45) is 0. The second-order valence-electron chi connectivity index (χ2n) is 4.95. The van der Waals surface area contributed by atoms with E-state index in [1.807, 2.05) is 25.1 Å². The maximum atomic E-state index is 12.0. The van der Waals surface area contributed by atoms with Gasteiger partial charge in [0.2, 0.25) is 0 Å². The Morgan fingerprint density at radius 3 is 2.81 bits per heavy atom. The number of hydrogen-bond donors (Lipinski definition) is 1. The van der Waals surface area contributed by atoms with Crippen LogP contribution in [0.5, 0.6) is 0 Å². The molecule has 21 heavy (non-hydrogen) atoms. The van der Waals surface area contributed by atoms with Crippen molar-refractivity contribution in [3.05, 3.63) is 52.4 Å². The minimum Gasteiger partial charge on any atom is -0.372 e. The minimum atomic E-state index is -0.681. The average molecular weight is 309 g/mol. The summed E-state index contributed by atoms with van der Waals surface area (Å²) in [6.45, 7) is 3.90. The fourth-order valence-corrected chi connectivity index (χ4v) is 2.11. The Hall–Kier alpha value is -1.85. The Morgan fingerprint density at radius 2 is 2.24 bits per heavy atom. The van der Waals surface area contributed by atoms with E-state index in [1.54, 1.807) is 26.2 Å². The summed E-state index contributed by atoms with van der Waals surface area (Å²) in [4.78, 5) is 12.0. The van der Waals surface area contributed by atoms with Crippen molar-refractivity contribution in [2.24, 2.45) is 0 Å². The van der Waals surface area contributed by atoms with E-state index < -0.39 is 5.60 Å². The van der Waals surface area contributed by atoms with Crippen molar-refractivity contribution in [1.82, 2.24) is 10.5 Å². The molecule has 0 bridgehead atoms. The molecular formula is C15H17ClN2O3. The topological polar surface area (TPSA) is 64.4 Å². The number of aromatic nitrogens is 1. The number of amides is 1. The first-order valence-corrected chi connectivity index (χ1v) is 6.85. The van der Waals surface area contributed by atoms with Gasteiger partial charge in [-0.05, 0) is 31.5 Å². The first-order valence-electron chi connectivity index (χ1n) is 6.47. The van der Waals surface area contributed by atoms with Gasteiger partial charge in [-0.25, -0.2) is 0 Å². The van der Waals surface area contributed by atoms with Crippen molar-refractivity contribution in [3.8, 4) is 0 Å². The van der Waals surface area contributed by atoms with Crippen molar-refractivity contribution < 1.29 is 14.1 Å². The molecule has 1 amide bonds. The molecule has 112 valence electrons. The van der Waals surface area contributed by atoms with Gasteiger partial charge in [0.15, 0.2) is 5.69 Å². The Labute approximate surface area is 128 Å². The highest BCUT2D eigenvalue weighted by Gasteiger charge is 2.27. The Morgan fingerprint density at radius 1 is 1.48 bits per heavy atom. The highest BCUT2D eigenvalue weighted by Crippen LogP contribution is 2.26. The predicted octanol–water partition coefficient (Wildman–Crippen LogP) is 2.93. The molecule has 0 saturated carbocycles. The first-order chi connectivity index (χ1) is 9.94. The van der Waals surface area contributed by atoms with Crippen LogP contribution in [0, 0.1) is 6.92 Å². The maximum absolute atomic E-state index is 12.0. The molecule has 1 atom stereocenters. The fraction of sp³-hybridized carbons (Fsp3) is 0.333. The standard InChI is InChI=1S/C15H17ClN2O3/c1-10-7-13(18-21-10)14(19)17-9-15(2,20-3)11-5-4-6-12(16)8-11/h4-8H,9H2,1-3H3,(H,17,19)/t15-/m0/s1. The van der Waals surface area contributed by atoms with Crippen LogP contribution < -0.4 is 5.32 Å². The van der Waals surface area contributed by atoms with E-state index in [0.29, 0.717) is 10.8 Å². The predicted molar refractivity (Wildman–Crippen MR) is 79.4 cm³/mol. The highest BCUT2D eigenvalue weighted by molar-refractivity contribution is 6.30. The van der Waals surface area contributed by atoms with Gasteiger partial charge in [0, 0.05) is 18.2 Å². The van der Waals surface area contributed by atoms with Crippen molar-refractivity contribution in [2.75, 3.05) is 13.7 Å². The molecule has 6 heteroatoms. The van der Waals surface area contributed by atoms with E-state index in [2.05, 4.69) is 10.5 Å². The molecule has 2 aromatic rings. The smallest absolute Gasteiger partial charge is 0.273 e. The van der Waals surface area contributed by atoms with Gasteiger partial charge in [-0.15, -0.1) is 0 Å². The zero-order valence-corrected chi connectivity index (χ0v) is 12.9. The van der Waals surface area contributed by atoms with Crippen LogP contribution in [-0.2, 0) is 10.3 Å². The Balaban J connectivity index is 2.10. The summed E-state index contributed by atoms with van der Waals surface area (Å²) in [5.41, 5.74) is 0.450. The SMILES string of the molecule is CO[C@@](C)(CNC(=O)c1cc(C)on1)c1cccc(Cl)c1. The van der Waals surface area contributed by atoms with Crippen molar-refractivity contribution >= 4 is 17.5 Å². The van der Waals surface area contributed by atoms with Gasteiger partial charge in [0.25, 0.3) is 5.91 Å². The van der Waals surface area contributed by atoms with Gasteiger partial charge in [0.1, 0.15) is 11.4 Å². The molecule has 0 aliphatic rings. The van der Waals surface area contributed by atoms with Crippen molar-refractivity contribution in [2.45, 2.75) is 19.4 Å². The summed E-state index contributed by atoms with van der Waals surface area (Å²) >= 11 is 6.00. The molecule has 2 rings (SSSR count). The zero-order chi connectivity index (χ0) is 15.5. The summed E-state index contributed by atoms with van der Waals surface area (Å²) in [6, 6.07) is 8.94. The van der Waals surface area contributed by atoms with Gasteiger partial charge in [-0.1, -0.05) is 28.9 Å². The number of carbonyl (C=O) groups excluding carboxylic acids is 1. The van der Waals surface area contributed by atoms with Gasteiger partial charge >= 0.3 is 0 Å². The molecule has 1 N–H and O–H groups in total. The second kappa shape index (κ2) is 6.28. The largest absolute Gasteiger partial charge is 0.372 e. The number of nitrogens with zero attached hydrogens (tertiary/aromatic N) is 1. The number of methoxy groups -OCH3 is 1. The number of aryl methyl sites for hydroxylation is 1. The summed E-state index contributed by atoms with van der Waals surface area (Å²) in [5.74, 6) is 0.279. The number of ether oxygens (including phenoxy) is 1. The Kier molecular flexibility index (Phi) is 4.65. The van der Waals surface area contributed by atoms with Gasteiger partial charge in [-0.2, -0.15) is 0 Å². The van der Waals surface area contributed by atoms with Crippen molar-refractivity contribution in [1.29, 1.82) is 0 Å². The van der Waals surface area contributed by atoms with E-state index in [-0.39, 0.29) is 18.1 Å². The molecule has 1 aromatic carbocycles. The second-order valence-corrected chi connectivity index (χ2v) is 5.39. The third kappa shape index (κ3) is 3.62. The zero-order valence-electron chi connectivity index (χ0n) is 12.1. The molecule has 1 heterocycles. The number of rotatable bonds is 5. The van der Waals surface area contributed by atoms with E-state index in [9.17, 15) is 4.79 Å². The lowest BCUT2D eigenvalue weighted by atomic mass is 9.95. The highest BCUT2D eigenvalue weighted by atomic mass is 35.5. The minimum absolute atomic E-state index is 0.247. The molecule has 0 aliphatic heterocycles. The van der Waals surface area contributed by atoms with Crippen LogP contribution in [0.15, 0.2) is 34.9 Å². The first kappa shape index (κ1) is 15.5. The molecule has 0 saturated heterocycles. The van der Waals surface area contributed by atoms with Crippen LogP contribution in [-0.4, -0.2) is 24.7 Å². The lowest BCUT2D eigenvalue weighted by Gasteiger charge is -2.29. The van der Waals surface area contributed by atoms with E-state index in [1.165, 1.54) is 0 Å². The molecule has 0 spiro atoms. The Bertz CT molecular complexity index is 641.